The number of carboxylic acid groups (broad SMARTS) is 1. The monoisotopic (exact) mass is 421 g/mol. The van der Waals surface area contributed by atoms with Crippen LogP contribution in [-0.2, 0) is 5.41 Å². The molecular formula is C24H27N3O2S. The van der Waals surface area contributed by atoms with E-state index in [9.17, 15) is 9.90 Å². The molecule has 0 radical (unpaired) electrons. The summed E-state index contributed by atoms with van der Waals surface area (Å²) in [5.41, 5.74) is 1.48. The SMILES string of the molecule is CC(C)(C)c1ccc(Sc2ccc3ccnc(N4CCN(C(=O)O)CC4)c3c2)cc1. The Labute approximate surface area is 181 Å². The summed E-state index contributed by atoms with van der Waals surface area (Å²) in [6.07, 6.45) is 0.982. The maximum atomic E-state index is 11.2. The summed E-state index contributed by atoms with van der Waals surface area (Å²) in [5, 5.41) is 11.4. The van der Waals surface area contributed by atoms with E-state index < -0.39 is 6.09 Å². The lowest BCUT2D eigenvalue weighted by atomic mass is 9.87. The number of amides is 1. The molecule has 0 bridgehead atoms. The molecule has 0 spiro atoms. The van der Waals surface area contributed by atoms with Gasteiger partial charge in [0.1, 0.15) is 5.82 Å². The summed E-state index contributed by atoms with van der Waals surface area (Å²) in [6.45, 7) is 8.99. The fraction of sp³-hybridized carbons (Fsp3) is 0.333. The van der Waals surface area contributed by atoms with E-state index in [1.807, 2.05) is 12.3 Å². The van der Waals surface area contributed by atoms with Gasteiger partial charge in [-0.05, 0) is 46.7 Å². The molecule has 3 aromatic rings. The summed E-state index contributed by atoms with van der Waals surface area (Å²) in [6, 6.07) is 17.3. The summed E-state index contributed by atoms with van der Waals surface area (Å²) in [4.78, 5) is 21.9. The van der Waals surface area contributed by atoms with E-state index in [1.165, 1.54) is 20.3 Å². The largest absolute Gasteiger partial charge is 0.465 e. The summed E-state index contributed by atoms with van der Waals surface area (Å²) in [7, 11) is 0. The maximum absolute atomic E-state index is 11.2. The Morgan fingerprint density at radius 1 is 0.967 bits per heavy atom. The molecule has 1 N–H and O–H groups in total. The minimum atomic E-state index is -0.850. The second kappa shape index (κ2) is 8.19. The number of hydrogen-bond donors (Lipinski definition) is 1. The number of pyridine rings is 1. The van der Waals surface area contributed by atoms with Crippen LogP contribution in [0.4, 0.5) is 10.6 Å². The number of benzene rings is 2. The van der Waals surface area contributed by atoms with Gasteiger partial charge in [0.05, 0.1) is 0 Å². The molecule has 2 heterocycles. The van der Waals surface area contributed by atoms with E-state index in [-0.39, 0.29) is 5.41 Å². The van der Waals surface area contributed by atoms with Gasteiger partial charge in [-0.25, -0.2) is 9.78 Å². The molecule has 1 aromatic heterocycles. The minimum absolute atomic E-state index is 0.150. The average molecular weight is 422 g/mol. The van der Waals surface area contributed by atoms with Crippen molar-refractivity contribution in [3.05, 3.63) is 60.3 Å². The molecule has 2 aromatic carbocycles. The van der Waals surface area contributed by atoms with Crippen LogP contribution in [0.5, 0.6) is 0 Å². The Kier molecular flexibility index (Phi) is 5.60. The van der Waals surface area contributed by atoms with Crippen molar-refractivity contribution in [3.8, 4) is 0 Å². The standard InChI is InChI=1S/C24H27N3O2S/c1-24(2,3)18-5-8-19(9-6-18)30-20-7-4-17-10-11-25-22(21(17)16-20)26-12-14-27(15-13-26)23(28)29/h4-11,16H,12-15H2,1-3H3,(H,28,29). The number of carbonyl (C=O) groups is 1. The minimum Gasteiger partial charge on any atom is -0.465 e. The number of nitrogens with zero attached hydrogens (tertiary/aromatic N) is 3. The highest BCUT2D eigenvalue weighted by Crippen LogP contribution is 2.34. The average Bonchev–Trinajstić information content (AvgIpc) is 2.73. The van der Waals surface area contributed by atoms with Gasteiger partial charge >= 0.3 is 6.09 Å². The van der Waals surface area contributed by atoms with E-state index in [1.54, 1.807) is 11.8 Å². The van der Waals surface area contributed by atoms with Crippen LogP contribution < -0.4 is 4.90 Å². The molecule has 1 amide bonds. The van der Waals surface area contributed by atoms with Crippen LogP contribution in [0.1, 0.15) is 26.3 Å². The molecule has 0 atom stereocenters. The molecule has 0 saturated carbocycles. The molecule has 1 aliphatic rings. The third-order valence-corrected chi connectivity index (χ3v) is 6.52. The Hall–Kier alpha value is -2.73. The first-order chi connectivity index (χ1) is 14.3. The van der Waals surface area contributed by atoms with Crippen LogP contribution >= 0.6 is 11.8 Å². The van der Waals surface area contributed by atoms with Crippen molar-refractivity contribution in [2.24, 2.45) is 0 Å². The van der Waals surface area contributed by atoms with Gasteiger partial charge in [0.2, 0.25) is 0 Å². The predicted octanol–water partition coefficient (Wildman–Crippen LogP) is 5.48. The summed E-state index contributed by atoms with van der Waals surface area (Å²) in [5.74, 6) is 0.933. The van der Waals surface area contributed by atoms with Crippen molar-refractivity contribution >= 4 is 34.4 Å². The van der Waals surface area contributed by atoms with E-state index in [0.717, 1.165) is 16.6 Å². The zero-order valence-electron chi connectivity index (χ0n) is 17.6. The van der Waals surface area contributed by atoms with Crippen LogP contribution in [0.2, 0.25) is 0 Å². The molecule has 1 saturated heterocycles. The van der Waals surface area contributed by atoms with Crippen LogP contribution in [-0.4, -0.2) is 47.3 Å². The van der Waals surface area contributed by atoms with E-state index in [4.69, 9.17) is 0 Å². The van der Waals surface area contributed by atoms with Gasteiger partial charge in [-0.2, -0.15) is 0 Å². The molecule has 30 heavy (non-hydrogen) atoms. The molecule has 156 valence electrons. The Morgan fingerprint density at radius 2 is 1.63 bits per heavy atom. The molecular weight excluding hydrogens is 394 g/mol. The molecule has 4 rings (SSSR count). The van der Waals surface area contributed by atoms with Crippen molar-refractivity contribution < 1.29 is 9.90 Å². The molecule has 0 unspecified atom stereocenters. The molecule has 0 aliphatic carbocycles. The fourth-order valence-electron chi connectivity index (χ4n) is 3.72. The lowest BCUT2D eigenvalue weighted by Crippen LogP contribution is -2.48. The van der Waals surface area contributed by atoms with Crippen molar-refractivity contribution in [1.82, 2.24) is 9.88 Å². The van der Waals surface area contributed by atoms with Crippen molar-refractivity contribution in [3.63, 3.8) is 0 Å². The zero-order valence-corrected chi connectivity index (χ0v) is 18.4. The summed E-state index contributed by atoms with van der Waals surface area (Å²) >= 11 is 1.75. The normalized spacial score (nSPS) is 14.9. The van der Waals surface area contributed by atoms with Gasteiger partial charge in [0, 0.05) is 47.6 Å². The molecule has 1 fully saturated rings. The number of anilines is 1. The van der Waals surface area contributed by atoms with Gasteiger partial charge in [-0.1, -0.05) is 50.7 Å². The van der Waals surface area contributed by atoms with Gasteiger partial charge < -0.3 is 14.9 Å². The third-order valence-electron chi connectivity index (χ3n) is 5.52. The maximum Gasteiger partial charge on any atom is 0.407 e. The van der Waals surface area contributed by atoms with Gasteiger partial charge in [-0.15, -0.1) is 0 Å². The van der Waals surface area contributed by atoms with Crippen LogP contribution in [0.15, 0.2) is 64.5 Å². The number of rotatable bonds is 3. The highest BCUT2D eigenvalue weighted by atomic mass is 32.2. The molecule has 6 heteroatoms. The smallest absolute Gasteiger partial charge is 0.407 e. The number of aromatic nitrogens is 1. The van der Waals surface area contributed by atoms with Crippen molar-refractivity contribution in [2.75, 3.05) is 31.1 Å². The highest BCUT2D eigenvalue weighted by Gasteiger charge is 2.22. The quantitative estimate of drug-likeness (QED) is 0.607. The number of fused-ring (bicyclic) bond motifs is 1. The highest BCUT2D eigenvalue weighted by molar-refractivity contribution is 7.99. The Morgan fingerprint density at radius 3 is 2.27 bits per heavy atom. The molecule has 5 nitrogen and oxygen atoms in total. The topological polar surface area (TPSA) is 56.7 Å². The lowest BCUT2D eigenvalue weighted by Gasteiger charge is -2.34. The van der Waals surface area contributed by atoms with E-state index in [2.05, 4.69) is 73.1 Å². The van der Waals surface area contributed by atoms with Crippen LogP contribution in [0, 0.1) is 0 Å². The van der Waals surface area contributed by atoms with Gasteiger partial charge in [-0.3, -0.25) is 0 Å². The Balaban J connectivity index is 1.58. The summed E-state index contributed by atoms with van der Waals surface area (Å²) < 4.78 is 0. The fourth-order valence-corrected chi connectivity index (χ4v) is 4.57. The first kappa shape index (κ1) is 20.5. The van der Waals surface area contributed by atoms with Gasteiger partial charge in [0.25, 0.3) is 0 Å². The van der Waals surface area contributed by atoms with E-state index >= 15 is 0 Å². The molecule has 1 aliphatic heterocycles. The van der Waals surface area contributed by atoms with Crippen LogP contribution in [0.25, 0.3) is 10.8 Å². The lowest BCUT2D eigenvalue weighted by molar-refractivity contribution is 0.142. The van der Waals surface area contributed by atoms with Gasteiger partial charge in [0.15, 0.2) is 0 Å². The van der Waals surface area contributed by atoms with Crippen LogP contribution in [0.3, 0.4) is 0 Å². The first-order valence-electron chi connectivity index (χ1n) is 10.2. The zero-order chi connectivity index (χ0) is 21.3. The number of hydrogen-bond acceptors (Lipinski definition) is 4. The van der Waals surface area contributed by atoms with E-state index in [0.29, 0.717) is 26.2 Å². The van der Waals surface area contributed by atoms with Crippen molar-refractivity contribution in [2.45, 2.75) is 36.0 Å². The van der Waals surface area contributed by atoms with Crippen molar-refractivity contribution in [1.29, 1.82) is 0 Å². The second-order valence-electron chi connectivity index (χ2n) is 8.65. The predicted molar refractivity (Wildman–Crippen MR) is 123 cm³/mol. The second-order valence-corrected chi connectivity index (χ2v) is 9.80. The number of piperazine rings is 1. The first-order valence-corrected chi connectivity index (χ1v) is 11.0. The third kappa shape index (κ3) is 4.38. The Bertz CT molecular complexity index is 1050.